The van der Waals surface area contributed by atoms with Crippen LogP contribution in [0.4, 0.5) is 0 Å². The quantitative estimate of drug-likeness (QED) is 0.772. The van der Waals surface area contributed by atoms with Crippen molar-refractivity contribution in [3.8, 4) is 5.75 Å². The molecule has 2 aromatic rings. The molecule has 0 spiro atoms. The molecule has 1 atom stereocenters. The lowest BCUT2D eigenvalue weighted by Gasteiger charge is -2.13. The lowest BCUT2D eigenvalue weighted by atomic mass is 10.2. The van der Waals surface area contributed by atoms with Gasteiger partial charge in [-0.1, -0.05) is 23.4 Å². The number of aliphatic hydroxyl groups is 1. The molecule has 0 bridgehead atoms. The van der Waals surface area contributed by atoms with Gasteiger partial charge in [0.15, 0.2) is 5.82 Å². The molecule has 0 saturated heterocycles. The highest BCUT2D eigenvalue weighted by molar-refractivity contribution is 5.31. The Morgan fingerprint density at radius 3 is 3.00 bits per heavy atom. The summed E-state index contributed by atoms with van der Waals surface area (Å²) in [5.41, 5.74) is 1.05. The van der Waals surface area contributed by atoms with E-state index in [0.29, 0.717) is 18.9 Å². The van der Waals surface area contributed by atoms with E-state index in [1.165, 1.54) is 6.39 Å². The first kappa shape index (κ1) is 13.5. The summed E-state index contributed by atoms with van der Waals surface area (Å²) in [6.45, 7) is 3.07. The van der Waals surface area contributed by atoms with Crippen molar-refractivity contribution in [3.63, 3.8) is 0 Å². The van der Waals surface area contributed by atoms with Crippen LogP contribution in [0.2, 0.25) is 0 Å². The highest BCUT2D eigenvalue weighted by Gasteiger charge is 2.07. The van der Waals surface area contributed by atoms with Gasteiger partial charge in [0.25, 0.3) is 0 Å². The predicted molar refractivity (Wildman–Crippen MR) is 68.7 cm³/mol. The second-order valence-electron chi connectivity index (χ2n) is 4.21. The molecule has 6 heteroatoms. The van der Waals surface area contributed by atoms with Crippen molar-refractivity contribution in [3.05, 3.63) is 42.0 Å². The molecule has 2 rings (SSSR count). The number of ether oxygens (including phenoxy) is 1. The highest BCUT2D eigenvalue weighted by Crippen LogP contribution is 2.16. The van der Waals surface area contributed by atoms with Gasteiger partial charge in [-0.2, -0.15) is 4.98 Å². The Labute approximate surface area is 111 Å². The van der Waals surface area contributed by atoms with E-state index < -0.39 is 6.10 Å². The van der Waals surface area contributed by atoms with Crippen LogP contribution in [-0.2, 0) is 6.54 Å². The predicted octanol–water partition coefficient (Wildman–Crippen LogP) is 0.908. The van der Waals surface area contributed by atoms with Crippen molar-refractivity contribution in [1.29, 1.82) is 0 Å². The van der Waals surface area contributed by atoms with Crippen molar-refractivity contribution >= 4 is 0 Å². The molecule has 0 saturated carbocycles. The topological polar surface area (TPSA) is 80.4 Å². The zero-order chi connectivity index (χ0) is 13.5. The molecule has 19 heavy (non-hydrogen) atoms. The molecule has 0 aliphatic heterocycles. The lowest BCUT2D eigenvalue weighted by molar-refractivity contribution is 0.105. The zero-order valence-corrected chi connectivity index (χ0v) is 10.7. The number of benzene rings is 1. The summed E-state index contributed by atoms with van der Waals surface area (Å²) in [6, 6.07) is 7.71. The number of para-hydroxylation sites is 1. The number of nitrogens with zero attached hydrogens (tertiary/aromatic N) is 2. The third kappa shape index (κ3) is 4.35. The van der Waals surface area contributed by atoms with E-state index in [0.717, 1.165) is 11.3 Å². The molecule has 0 aliphatic rings. The molecule has 0 fully saturated rings. The van der Waals surface area contributed by atoms with Gasteiger partial charge in [0, 0.05) is 6.54 Å². The molecule has 0 aliphatic carbocycles. The fraction of sp³-hybridized carbons (Fsp3) is 0.385. The molecule has 1 aromatic heterocycles. The van der Waals surface area contributed by atoms with Crippen molar-refractivity contribution < 1.29 is 14.4 Å². The molecule has 1 heterocycles. The van der Waals surface area contributed by atoms with Gasteiger partial charge in [0.1, 0.15) is 18.5 Å². The van der Waals surface area contributed by atoms with Crippen LogP contribution < -0.4 is 10.1 Å². The maximum Gasteiger partial charge on any atom is 0.213 e. The van der Waals surface area contributed by atoms with Crippen LogP contribution >= 0.6 is 0 Å². The van der Waals surface area contributed by atoms with Crippen LogP contribution in [0, 0.1) is 6.92 Å². The monoisotopic (exact) mass is 263 g/mol. The molecular formula is C13H17N3O3. The fourth-order valence-electron chi connectivity index (χ4n) is 1.58. The van der Waals surface area contributed by atoms with E-state index in [9.17, 15) is 5.11 Å². The summed E-state index contributed by atoms with van der Waals surface area (Å²) in [4.78, 5) is 3.87. The number of aromatic nitrogens is 2. The first-order chi connectivity index (χ1) is 9.25. The number of aliphatic hydroxyl groups excluding tert-OH is 1. The van der Waals surface area contributed by atoms with Crippen LogP contribution in [0.3, 0.4) is 0 Å². The minimum Gasteiger partial charge on any atom is -0.491 e. The summed E-state index contributed by atoms with van der Waals surface area (Å²) in [5.74, 6) is 1.35. The number of aryl methyl sites for hydroxylation is 1. The second kappa shape index (κ2) is 6.86. The Morgan fingerprint density at radius 1 is 1.42 bits per heavy atom. The van der Waals surface area contributed by atoms with E-state index in [1.54, 1.807) is 0 Å². The Kier molecular flexibility index (Phi) is 4.88. The van der Waals surface area contributed by atoms with Crippen LogP contribution in [0.15, 0.2) is 35.2 Å². The van der Waals surface area contributed by atoms with Gasteiger partial charge in [-0.05, 0) is 18.6 Å². The van der Waals surface area contributed by atoms with E-state index in [2.05, 4.69) is 20.0 Å². The highest BCUT2D eigenvalue weighted by atomic mass is 16.5. The number of hydrogen-bond donors (Lipinski definition) is 2. The Balaban J connectivity index is 1.67. The Bertz CT molecular complexity index is 488. The summed E-state index contributed by atoms with van der Waals surface area (Å²) in [5, 5.41) is 16.5. The standard InChI is InChI=1S/C13H17N3O3/c1-10-4-2-3-5-12(10)18-8-11(17)6-14-7-13-15-9-19-16-13/h2-5,9,11,14,17H,6-8H2,1H3. The normalized spacial score (nSPS) is 12.3. The summed E-state index contributed by atoms with van der Waals surface area (Å²) in [7, 11) is 0. The minimum atomic E-state index is -0.591. The molecular weight excluding hydrogens is 246 g/mol. The molecule has 0 radical (unpaired) electrons. The average molecular weight is 263 g/mol. The first-order valence-corrected chi connectivity index (χ1v) is 6.08. The smallest absolute Gasteiger partial charge is 0.213 e. The molecule has 1 unspecified atom stereocenters. The fourth-order valence-corrected chi connectivity index (χ4v) is 1.58. The van der Waals surface area contributed by atoms with Gasteiger partial charge in [0.05, 0.1) is 6.54 Å². The van der Waals surface area contributed by atoms with Gasteiger partial charge in [-0.3, -0.25) is 0 Å². The number of hydrogen-bond acceptors (Lipinski definition) is 6. The second-order valence-corrected chi connectivity index (χ2v) is 4.21. The van der Waals surface area contributed by atoms with Crippen LogP contribution in [0.25, 0.3) is 0 Å². The third-order valence-corrected chi connectivity index (χ3v) is 2.59. The Hall–Kier alpha value is -1.92. The SMILES string of the molecule is Cc1ccccc1OCC(O)CNCc1ncon1. The van der Waals surface area contributed by atoms with Crippen LogP contribution in [0.1, 0.15) is 11.4 Å². The van der Waals surface area contributed by atoms with E-state index in [4.69, 9.17) is 4.74 Å². The van der Waals surface area contributed by atoms with Gasteiger partial charge in [-0.15, -0.1) is 0 Å². The summed E-state index contributed by atoms with van der Waals surface area (Å²) >= 11 is 0. The van der Waals surface area contributed by atoms with E-state index in [-0.39, 0.29) is 6.61 Å². The molecule has 0 amide bonds. The van der Waals surface area contributed by atoms with Gasteiger partial charge in [0.2, 0.25) is 6.39 Å². The number of nitrogens with one attached hydrogen (secondary N) is 1. The Morgan fingerprint density at radius 2 is 2.26 bits per heavy atom. The van der Waals surface area contributed by atoms with E-state index in [1.807, 2.05) is 31.2 Å². The summed E-state index contributed by atoms with van der Waals surface area (Å²) in [6.07, 6.45) is 0.681. The third-order valence-electron chi connectivity index (χ3n) is 2.59. The van der Waals surface area contributed by atoms with Crippen molar-refractivity contribution in [2.75, 3.05) is 13.2 Å². The first-order valence-electron chi connectivity index (χ1n) is 6.08. The minimum absolute atomic E-state index is 0.240. The average Bonchev–Trinajstić information content (AvgIpc) is 2.91. The summed E-state index contributed by atoms with van der Waals surface area (Å²) < 4.78 is 10.1. The maximum absolute atomic E-state index is 9.78. The lowest BCUT2D eigenvalue weighted by Crippen LogP contribution is -2.31. The van der Waals surface area contributed by atoms with E-state index >= 15 is 0 Å². The van der Waals surface area contributed by atoms with Crippen molar-refractivity contribution in [1.82, 2.24) is 15.5 Å². The molecule has 6 nitrogen and oxygen atoms in total. The van der Waals surface area contributed by atoms with Gasteiger partial charge >= 0.3 is 0 Å². The van der Waals surface area contributed by atoms with Gasteiger partial charge < -0.3 is 19.7 Å². The zero-order valence-electron chi connectivity index (χ0n) is 10.7. The van der Waals surface area contributed by atoms with Gasteiger partial charge in [-0.25, -0.2) is 0 Å². The van der Waals surface area contributed by atoms with Crippen LogP contribution in [-0.4, -0.2) is 34.5 Å². The van der Waals surface area contributed by atoms with Crippen molar-refractivity contribution in [2.24, 2.45) is 0 Å². The molecule has 102 valence electrons. The molecule has 2 N–H and O–H groups in total. The molecule has 1 aromatic carbocycles. The largest absolute Gasteiger partial charge is 0.491 e. The maximum atomic E-state index is 9.78. The number of rotatable bonds is 7. The van der Waals surface area contributed by atoms with Crippen molar-refractivity contribution in [2.45, 2.75) is 19.6 Å². The van der Waals surface area contributed by atoms with Crippen LogP contribution in [0.5, 0.6) is 5.75 Å².